The first-order valence-corrected chi connectivity index (χ1v) is 6.44. The van der Waals surface area contributed by atoms with Crippen LogP contribution in [0, 0.1) is 0 Å². The zero-order chi connectivity index (χ0) is 13.4. The van der Waals surface area contributed by atoms with E-state index in [4.69, 9.17) is 17.3 Å². The molecule has 96 valence electrons. The summed E-state index contributed by atoms with van der Waals surface area (Å²) in [6.07, 6.45) is 0. The van der Waals surface area contributed by atoms with Gasteiger partial charge in [0.05, 0.1) is 10.6 Å². The number of amides is 1. The van der Waals surface area contributed by atoms with Crippen LogP contribution in [0.1, 0.15) is 21.5 Å². The highest BCUT2D eigenvalue weighted by molar-refractivity contribution is 6.34. The molecule has 3 rings (SSSR count). The molecule has 0 atom stereocenters. The fraction of sp³-hybridized carbons (Fsp3) is 0.133. The third kappa shape index (κ3) is 2.17. The van der Waals surface area contributed by atoms with Gasteiger partial charge >= 0.3 is 0 Å². The summed E-state index contributed by atoms with van der Waals surface area (Å²) >= 11 is 6.09. The van der Waals surface area contributed by atoms with Gasteiger partial charge in [-0.1, -0.05) is 35.9 Å². The second-order valence-corrected chi connectivity index (χ2v) is 5.08. The average molecular weight is 273 g/mol. The van der Waals surface area contributed by atoms with Gasteiger partial charge in [-0.2, -0.15) is 0 Å². The number of anilines is 1. The van der Waals surface area contributed by atoms with Crippen LogP contribution >= 0.6 is 11.6 Å². The molecule has 1 heterocycles. The van der Waals surface area contributed by atoms with Crippen LogP contribution in [-0.2, 0) is 13.1 Å². The third-order valence-corrected chi connectivity index (χ3v) is 3.66. The quantitative estimate of drug-likeness (QED) is 0.811. The third-order valence-electron chi connectivity index (χ3n) is 3.35. The number of benzene rings is 2. The number of hydrogen-bond acceptors (Lipinski definition) is 2. The maximum Gasteiger partial charge on any atom is 0.255 e. The van der Waals surface area contributed by atoms with Crippen molar-refractivity contribution in [3.05, 3.63) is 64.2 Å². The molecule has 0 saturated carbocycles. The van der Waals surface area contributed by atoms with Crippen LogP contribution in [0.25, 0.3) is 0 Å². The molecule has 0 spiro atoms. The fourth-order valence-corrected chi connectivity index (χ4v) is 2.62. The van der Waals surface area contributed by atoms with Crippen molar-refractivity contribution in [2.24, 2.45) is 0 Å². The molecule has 0 bridgehead atoms. The van der Waals surface area contributed by atoms with Gasteiger partial charge in [0.25, 0.3) is 5.91 Å². The van der Waals surface area contributed by atoms with Crippen LogP contribution in [0.3, 0.4) is 0 Å². The number of nitrogens with two attached hydrogens (primary N) is 1. The van der Waals surface area contributed by atoms with E-state index >= 15 is 0 Å². The van der Waals surface area contributed by atoms with E-state index in [9.17, 15) is 4.79 Å². The number of halogens is 1. The minimum absolute atomic E-state index is 0.0544. The van der Waals surface area contributed by atoms with E-state index < -0.39 is 0 Å². The molecule has 1 aliphatic heterocycles. The lowest BCUT2D eigenvalue weighted by Crippen LogP contribution is -2.25. The van der Waals surface area contributed by atoms with Crippen molar-refractivity contribution in [2.45, 2.75) is 13.1 Å². The molecule has 1 aliphatic rings. The van der Waals surface area contributed by atoms with E-state index in [2.05, 4.69) is 0 Å². The van der Waals surface area contributed by atoms with E-state index in [0.717, 1.165) is 0 Å². The second kappa shape index (κ2) is 4.59. The first-order chi connectivity index (χ1) is 9.15. The lowest BCUT2D eigenvalue weighted by molar-refractivity contribution is 0.0751. The number of rotatable bonds is 1. The molecule has 0 fully saturated rings. The summed E-state index contributed by atoms with van der Waals surface area (Å²) in [7, 11) is 0. The van der Waals surface area contributed by atoms with Crippen molar-refractivity contribution >= 4 is 23.2 Å². The predicted molar refractivity (Wildman–Crippen MR) is 75.9 cm³/mol. The van der Waals surface area contributed by atoms with Crippen molar-refractivity contribution in [1.29, 1.82) is 0 Å². The van der Waals surface area contributed by atoms with Crippen LogP contribution in [0.4, 0.5) is 5.69 Å². The number of carbonyl (C=O) groups is 1. The van der Waals surface area contributed by atoms with E-state index in [1.807, 2.05) is 24.3 Å². The smallest absolute Gasteiger partial charge is 0.255 e. The average Bonchev–Trinajstić information content (AvgIpc) is 2.81. The maximum absolute atomic E-state index is 12.4. The fourth-order valence-electron chi connectivity index (χ4n) is 2.35. The van der Waals surface area contributed by atoms with Gasteiger partial charge in [-0.15, -0.1) is 0 Å². The number of fused-ring (bicyclic) bond motifs is 1. The van der Waals surface area contributed by atoms with Gasteiger partial charge in [-0.25, -0.2) is 0 Å². The van der Waals surface area contributed by atoms with Crippen LogP contribution in [0.15, 0.2) is 42.5 Å². The van der Waals surface area contributed by atoms with Gasteiger partial charge in [0, 0.05) is 18.8 Å². The molecule has 0 saturated heterocycles. The Morgan fingerprint density at radius 2 is 1.74 bits per heavy atom. The molecule has 2 aromatic carbocycles. The molecule has 1 amide bonds. The second-order valence-electron chi connectivity index (χ2n) is 4.67. The highest BCUT2D eigenvalue weighted by Gasteiger charge is 2.25. The Bertz CT molecular complexity index is 629. The Hall–Kier alpha value is -2.00. The van der Waals surface area contributed by atoms with Crippen molar-refractivity contribution < 1.29 is 4.79 Å². The van der Waals surface area contributed by atoms with Crippen LogP contribution in [-0.4, -0.2) is 10.8 Å². The summed E-state index contributed by atoms with van der Waals surface area (Å²) < 4.78 is 0. The maximum atomic E-state index is 12.4. The first-order valence-electron chi connectivity index (χ1n) is 6.06. The van der Waals surface area contributed by atoms with E-state index in [-0.39, 0.29) is 5.91 Å². The molecule has 3 nitrogen and oxygen atoms in total. The Kier molecular flexibility index (Phi) is 2.91. The Morgan fingerprint density at radius 3 is 2.32 bits per heavy atom. The SMILES string of the molecule is Nc1ccc(C(=O)N2Cc3ccccc3C2)c(Cl)c1. The van der Waals surface area contributed by atoms with Gasteiger partial charge < -0.3 is 10.6 Å². The minimum atomic E-state index is -0.0544. The zero-order valence-corrected chi connectivity index (χ0v) is 11.0. The van der Waals surface area contributed by atoms with E-state index in [1.165, 1.54) is 11.1 Å². The first kappa shape index (κ1) is 12.1. The van der Waals surface area contributed by atoms with E-state index in [1.54, 1.807) is 23.1 Å². The summed E-state index contributed by atoms with van der Waals surface area (Å²) in [5.74, 6) is -0.0544. The Labute approximate surface area is 116 Å². The summed E-state index contributed by atoms with van der Waals surface area (Å²) in [6.45, 7) is 1.27. The summed E-state index contributed by atoms with van der Waals surface area (Å²) in [6, 6.07) is 13.1. The van der Waals surface area contributed by atoms with Gasteiger partial charge in [-0.3, -0.25) is 4.79 Å². The monoisotopic (exact) mass is 272 g/mol. The number of nitrogen functional groups attached to an aromatic ring is 1. The number of carbonyl (C=O) groups excluding carboxylic acids is 1. The molecular weight excluding hydrogens is 260 g/mol. The highest BCUT2D eigenvalue weighted by Crippen LogP contribution is 2.27. The molecule has 2 aromatic rings. The van der Waals surface area contributed by atoms with Crippen molar-refractivity contribution in [1.82, 2.24) is 4.90 Å². The van der Waals surface area contributed by atoms with Gasteiger partial charge in [0.15, 0.2) is 0 Å². The molecule has 19 heavy (non-hydrogen) atoms. The van der Waals surface area contributed by atoms with Gasteiger partial charge in [0.2, 0.25) is 0 Å². The van der Waals surface area contributed by atoms with Crippen LogP contribution in [0.2, 0.25) is 5.02 Å². The summed E-state index contributed by atoms with van der Waals surface area (Å²) in [5, 5.41) is 0.404. The molecular formula is C15H13ClN2O. The van der Waals surface area contributed by atoms with Gasteiger partial charge in [0.1, 0.15) is 0 Å². The molecule has 2 N–H and O–H groups in total. The standard InChI is InChI=1S/C15H13ClN2O/c16-14-7-12(17)5-6-13(14)15(19)18-8-10-3-1-2-4-11(10)9-18/h1-7H,8-9,17H2. The Morgan fingerprint density at radius 1 is 1.11 bits per heavy atom. The molecule has 0 aliphatic carbocycles. The lowest BCUT2D eigenvalue weighted by Gasteiger charge is -2.16. The number of hydrogen-bond donors (Lipinski definition) is 1. The van der Waals surface area contributed by atoms with Crippen molar-refractivity contribution in [3.8, 4) is 0 Å². The zero-order valence-electron chi connectivity index (χ0n) is 10.3. The van der Waals surface area contributed by atoms with Gasteiger partial charge in [-0.05, 0) is 29.3 Å². The Balaban J connectivity index is 1.87. The normalized spacial score (nSPS) is 13.4. The summed E-state index contributed by atoms with van der Waals surface area (Å²) in [5.41, 5.74) is 9.10. The molecule has 0 aromatic heterocycles. The minimum Gasteiger partial charge on any atom is -0.399 e. The number of nitrogens with zero attached hydrogens (tertiary/aromatic N) is 1. The molecule has 4 heteroatoms. The van der Waals surface area contributed by atoms with Crippen LogP contribution in [0.5, 0.6) is 0 Å². The van der Waals surface area contributed by atoms with Crippen molar-refractivity contribution in [3.63, 3.8) is 0 Å². The summed E-state index contributed by atoms with van der Waals surface area (Å²) in [4.78, 5) is 14.2. The van der Waals surface area contributed by atoms with E-state index in [0.29, 0.717) is 29.4 Å². The lowest BCUT2D eigenvalue weighted by atomic mass is 10.1. The van der Waals surface area contributed by atoms with Crippen LogP contribution < -0.4 is 5.73 Å². The van der Waals surface area contributed by atoms with Crippen molar-refractivity contribution in [2.75, 3.05) is 5.73 Å². The predicted octanol–water partition coefficient (Wildman–Crippen LogP) is 3.08. The highest BCUT2D eigenvalue weighted by atomic mass is 35.5. The largest absolute Gasteiger partial charge is 0.399 e. The topological polar surface area (TPSA) is 46.3 Å². The molecule has 0 radical (unpaired) electrons. The molecule has 0 unspecified atom stereocenters.